The molecule has 1 amide bonds. The number of para-hydroxylation sites is 1. The minimum Gasteiger partial charge on any atom is -0.496 e. The van der Waals surface area contributed by atoms with E-state index in [1.54, 1.807) is 11.8 Å². The molecule has 1 N–H and O–H groups in total. The maximum Gasteiger partial charge on any atom is 0.234 e. The highest BCUT2D eigenvalue weighted by atomic mass is 16.5. The number of amides is 1. The third kappa shape index (κ3) is 4.82. The van der Waals surface area contributed by atoms with E-state index in [-0.39, 0.29) is 11.9 Å². The van der Waals surface area contributed by atoms with E-state index in [0.717, 1.165) is 16.9 Å². The molecule has 0 fully saturated rings. The quantitative estimate of drug-likeness (QED) is 0.845. The minimum absolute atomic E-state index is 0.0187. The van der Waals surface area contributed by atoms with Crippen molar-refractivity contribution in [2.75, 3.05) is 20.7 Å². The predicted molar refractivity (Wildman–Crippen MR) is 89.1 cm³/mol. The van der Waals surface area contributed by atoms with Gasteiger partial charge in [-0.05, 0) is 20.0 Å². The van der Waals surface area contributed by atoms with Gasteiger partial charge in [0.2, 0.25) is 5.91 Å². The van der Waals surface area contributed by atoms with Gasteiger partial charge in [-0.15, -0.1) is 0 Å². The summed E-state index contributed by atoms with van der Waals surface area (Å²) >= 11 is 0. The Morgan fingerprint density at radius 2 is 2.17 bits per heavy atom. The fraction of sp³-hybridized carbons (Fsp3) is 0.412. The first kappa shape index (κ1) is 17.0. The standard InChI is InChI=1S/C17H24N4O2/c1-13(15-7-5-6-8-16(15)23-4)19-17(22)12-20(2)10-14-9-18-21(3)11-14/h5-9,11,13H,10,12H2,1-4H3,(H,19,22). The molecule has 0 saturated carbocycles. The van der Waals surface area contributed by atoms with Crippen molar-refractivity contribution in [3.63, 3.8) is 0 Å². The topological polar surface area (TPSA) is 59.4 Å². The van der Waals surface area contributed by atoms with E-state index in [1.165, 1.54) is 0 Å². The Labute approximate surface area is 137 Å². The van der Waals surface area contributed by atoms with Crippen molar-refractivity contribution in [2.24, 2.45) is 7.05 Å². The number of hydrogen-bond donors (Lipinski definition) is 1. The zero-order valence-corrected chi connectivity index (χ0v) is 14.1. The molecule has 6 heteroatoms. The van der Waals surface area contributed by atoms with Crippen molar-refractivity contribution in [3.8, 4) is 5.75 Å². The van der Waals surface area contributed by atoms with Crippen LogP contribution < -0.4 is 10.1 Å². The van der Waals surface area contributed by atoms with Gasteiger partial charge in [-0.2, -0.15) is 5.10 Å². The Morgan fingerprint density at radius 3 is 2.83 bits per heavy atom. The van der Waals surface area contributed by atoms with Crippen LogP contribution in [0.3, 0.4) is 0 Å². The predicted octanol–water partition coefficient (Wildman–Crippen LogP) is 1.74. The maximum absolute atomic E-state index is 12.2. The summed E-state index contributed by atoms with van der Waals surface area (Å²) < 4.78 is 7.10. The van der Waals surface area contributed by atoms with Gasteiger partial charge < -0.3 is 10.1 Å². The maximum atomic E-state index is 12.2. The van der Waals surface area contributed by atoms with E-state index in [1.807, 2.05) is 62.6 Å². The van der Waals surface area contributed by atoms with Crippen molar-refractivity contribution in [2.45, 2.75) is 19.5 Å². The molecule has 6 nitrogen and oxygen atoms in total. The lowest BCUT2D eigenvalue weighted by atomic mass is 10.1. The summed E-state index contributed by atoms with van der Waals surface area (Å²) in [7, 11) is 5.43. The van der Waals surface area contributed by atoms with Crippen LogP contribution in [0.4, 0.5) is 0 Å². The number of benzene rings is 1. The number of methoxy groups -OCH3 is 1. The van der Waals surface area contributed by atoms with Gasteiger partial charge in [0.1, 0.15) is 5.75 Å². The zero-order chi connectivity index (χ0) is 16.8. The first-order chi connectivity index (χ1) is 11.0. The van der Waals surface area contributed by atoms with Gasteiger partial charge in [0, 0.05) is 30.9 Å². The molecule has 1 heterocycles. The Bertz CT molecular complexity index is 654. The van der Waals surface area contributed by atoms with Crippen LogP contribution in [-0.2, 0) is 18.4 Å². The van der Waals surface area contributed by atoms with Crippen LogP contribution in [0.25, 0.3) is 0 Å². The number of nitrogens with one attached hydrogen (secondary N) is 1. The van der Waals surface area contributed by atoms with Crippen molar-refractivity contribution in [3.05, 3.63) is 47.8 Å². The highest BCUT2D eigenvalue weighted by molar-refractivity contribution is 5.78. The molecule has 0 aliphatic heterocycles. The summed E-state index contributed by atoms with van der Waals surface area (Å²) in [6.45, 7) is 2.97. The van der Waals surface area contributed by atoms with Crippen LogP contribution in [0.2, 0.25) is 0 Å². The first-order valence-corrected chi connectivity index (χ1v) is 7.58. The van der Waals surface area contributed by atoms with Gasteiger partial charge in [-0.1, -0.05) is 18.2 Å². The van der Waals surface area contributed by atoms with E-state index in [9.17, 15) is 4.79 Å². The number of hydrogen-bond acceptors (Lipinski definition) is 4. The second kappa shape index (κ2) is 7.78. The van der Waals surface area contributed by atoms with Crippen LogP contribution in [0, 0.1) is 0 Å². The van der Waals surface area contributed by atoms with Gasteiger partial charge in [0.25, 0.3) is 0 Å². The van der Waals surface area contributed by atoms with Crippen molar-refractivity contribution in [1.29, 1.82) is 0 Å². The molecule has 124 valence electrons. The summed E-state index contributed by atoms with van der Waals surface area (Å²) in [4.78, 5) is 14.2. The molecule has 2 aromatic rings. The largest absolute Gasteiger partial charge is 0.496 e. The van der Waals surface area contributed by atoms with Crippen LogP contribution >= 0.6 is 0 Å². The monoisotopic (exact) mass is 316 g/mol. The number of ether oxygens (including phenoxy) is 1. The second-order valence-corrected chi connectivity index (χ2v) is 5.73. The Balaban J connectivity index is 1.88. The highest BCUT2D eigenvalue weighted by Gasteiger charge is 2.15. The molecule has 2 rings (SSSR count). The fourth-order valence-corrected chi connectivity index (χ4v) is 2.56. The highest BCUT2D eigenvalue weighted by Crippen LogP contribution is 2.24. The van der Waals surface area contributed by atoms with Crippen LogP contribution in [0.1, 0.15) is 24.1 Å². The molecule has 1 aromatic heterocycles. The van der Waals surface area contributed by atoms with Crippen molar-refractivity contribution < 1.29 is 9.53 Å². The van der Waals surface area contributed by atoms with E-state index >= 15 is 0 Å². The van der Waals surface area contributed by atoms with E-state index in [2.05, 4.69) is 10.4 Å². The van der Waals surface area contributed by atoms with Crippen LogP contribution in [0.15, 0.2) is 36.7 Å². The molecular weight excluding hydrogens is 292 g/mol. The van der Waals surface area contributed by atoms with Gasteiger partial charge in [-0.3, -0.25) is 14.4 Å². The molecule has 0 radical (unpaired) electrons. The molecule has 1 aromatic carbocycles. The Kier molecular flexibility index (Phi) is 5.76. The second-order valence-electron chi connectivity index (χ2n) is 5.73. The molecule has 1 atom stereocenters. The lowest BCUT2D eigenvalue weighted by molar-refractivity contribution is -0.122. The molecule has 0 aliphatic rings. The third-order valence-corrected chi connectivity index (χ3v) is 3.61. The summed E-state index contributed by atoms with van der Waals surface area (Å²) in [5.74, 6) is 0.763. The molecule has 0 saturated heterocycles. The molecular formula is C17H24N4O2. The molecule has 23 heavy (non-hydrogen) atoms. The lowest BCUT2D eigenvalue weighted by Gasteiger charge is -2.20. The van der Waals surface area contributed by atoms with Crippen molar-refractivity contribution in [1.82, 2.24) is 20.0 Å². The Morgan fingerprint density at radius 1 is 1.43 bits per heavy atom. The van der Waals surface area contributed by atoms with Gasteiger partial charge in [0.05, 0.1) is 25.9 Å². The number of nitrogens with zero attached hydrogens (tertiary/aromatic N) is 3. The lowest BCUT2D eigenvalue weighted by Crippen LogP contribution is -2.36. The number of likely N-dealkylation sites (N-methyl/N-ethyl adjacent to an activating group) is 1. The molecule has 1 unspecified atom stereocenters. The van der Waals surface area contributed by atoms with E-state index in [0.29, 0.717) is 13.1 Å². The number of aromatic nitrogens is 2. The van der Waals surface area contributed by atoms with E-state index in [4.69, 9.17) is 4.74 Å². The number of carbonyl (C=O) groups excluding carboxylic acids is 1. The van der Waals surface area contributed by atoms with Gasteiger partial charge in [0.15, 0.2) is 0 Å². The van der Waals surface area contributed by atoms with E-state index < -0.39 is 0 Å². The molecule has 0 spiro atoms. The fourth-order valence-electron chi connectivity index (χ4n) is 2.56. The summed E-state index contributed by atoms with van der Waals surface area (Å²) in [6.07, 6.45) is 3.76. The minimum atomic E-state index is -0.106. The first-order valence-electron chi connectivity index (χ1n) is 7.58. The molecule has 0 bridgehead atoms. The Hall–Kier alpha value is -2.34. The van der Waals surface area contributed by atoms with Crippen molar-refractivity contribution >= 4 is 5.91 Å². The summed E-state index contributed by atoms with van der Waals surface area (Å²) in [5, 5.41) is 7.14. The van der Waals surface area contributed by atoms with Gasteiger partial charge in [-0.25, -0.2) is 0 Å². The SMILES string of the molecule is COc1ccccc1C(C)NC(=O)CN(C)Cc1cnn(C)c1. The smallest absolute Gasteiger partial charge is 0.234 e. The normalized spacial score (nSPS) is 12.2. The average Bonchev–Trinajstić information content (AvgIpc) is 2.91. The van der Waals surface area contributed by atoms with Gasteiger partial charge >= 0.3 is 0 Å². The zero-order valence-electron chi connectivity index (χ0n) is 14.1. The van der Waals surface area contributed by atoms with Crippen LogP contribution in [-0.4, -0.2) is 41.3 Å². The average molecular weight is 316 g/mol. The number of aryl methyl sites for hydroxylation is 1. The summed E-state index contributed by atoms with van der Waals surface area (Å²) in [5.41, 5.74) is 2.05. The number of carbonyl (C=O) groups is 1. The summed E-state index contributed by atoms with van der Waals surface area (Å²) in [6, 6.07) is 7.61. The molecule has 0 aliphatic carbocycles. The number of rotatable bonds is 7. The third-order valence-electron chi connectivity index (χ3n) is 3.61. The van der Waals surface area contributed by atoms with Crippen LogP contribution in [0.5, 0.6) is 5.75 Å².